The molecule has 1 heterocycles. The number of hydrogen-bond donors (Lipinski definition) is 1. The molecule has 1 fully saturated rings. The molecule has 4 atom stereocenters. The van der Waals surface area contributed by atoms with E-state index >= 15 is 0 Å². The minimum absolute atomic E-state index is 0.668. The maximum Gasteiger partial charge on any atom is 0.0416 e. The normalized spacial score (nSPS) is 29.8. The van der Waals surface area contributed by atoms with E-state index in [1.165, 1.54) is 25.1 Å². The molecule has 3 nitrogen and oxygen atoms in total. The van der Waals surface area contributed by atoms with E-state index in [1.807, 2.05) is 12.3 Å². The molecule has 0 spiro atoms. The largest absolute Gasteiger partial charge is 0.317 e. The summed E-state index contributed by atoms with van der Waals surface area (Å²) in [7, 11) is 4.37. The summed E-state index contributed by atoms with van der Waals surface area (Å²) in [6.45, 7) is 7.09. The molecule has 3 heteroatoms. The molecule has 1 aromatic heterocycles. The van der Waals surface area contributed by atoms with Crippen LogP contribution in [0.3, 0.4) is 0 Å². The van der Waals surface area contributed by atoms with Gasteiger partial charge < -0.3 is 10.2 Å². The number of rotatable bonds is 6. The van der Waals surface area contributed by atoms with Gasteiger partial charge in [-0.2, -0.15) is 0 Å². The predicted octanol–water partition coefficient (Wildman–Crippen LogP) is 2.83. The van der Waals surface area contributed by atoms with Crippen LogP contribution in [-0.2, 0) is 6.42 Å². The van der Waals surface area contributed by atoms with Gasteiger partial charge in [0.1, 0.15) is 0 Å². The Bertz CT molecular complexity index is 406. The number of hydrogen-bond acceptors (Lipinski definition) is 3. The van der Waals surface area contributed by atoms with Crippen molar-refractivity contribution in [3.05, 3.63) is 30.1 Å². The molecule has 0 aromatic carbocycles. The second-order valence-electron chi connectivity index (χ2n) is 6.95. The van der Waals surface area contributed by atoms with Crippen molar-refractivity contribution in [3.63, 3.8) is 0 Å². The lowest BCUT2D eigenvalue weighted by Gasteiger charge is -2.41. The minimum atomic E-state index is 0.668. The summed E-state index contributed by atoms with van der Waals surface area (Å²) >= 11 is 0. The smallest absolute Gasteiger partial charge is 0.0416 e. The van der Waals surface area contributed by atoms with Crippen LogP contribution in [0, 0.1) is 17.8 Å². The number of pyridine rings is 1. The Hall–Kier alpha value is -0.930. The van der Waals surface area contributed by atoms with E-state index in [-0.39, 0.29) is 0 Å². The first-order valence-corrected chi connectivity index (χ1v) is 8.35. The van der Waals surface area contributed by atoms with Crippen LogP contribution in [0.25, 0.3) is 0 Å². The van der Waals surface area contributed by atoms with Gasteiger partial charge in [-0.05, 0) is 56.8 Å². The lowest BCUT2D eigenvalue weighted by atomic mass is 9.72. The van der Waals surface area contributed by atoms with Crippen LogP contribution in [0.15, 0.2) is 24.4 Å². The van der Waals surface area contributed by atoms with Gasteiger partial charge in [0, 0.05) is 37.4 Å². The van der Waals surface area contributed by atoms with Gasteiger partial charge in [0.05, 0.1) is 0 Å². The molecule has 1 aromatic rings. The molecule has 4 unspecified atom stereocenters. The quantitative estimate of drug-likeness (QED) is 0.873. The zero-order valence-electron chi connectivity index (χ0n) is 14.0. The van der Waals surface area contributed by atoms with Gasteiger partial charge in [0.15, 0.2) is 0 Å². The molecule has 1 N–H and O–H groups in total. The van der Waals surface area contributed by atoms with Gasteiger partial charge in [0.25, 0.3) is 0 Å². The highest BCUT2D eigenvalue weighted by Gasteiger charge is 2.33. The van der Waals surface area contributed by atoms with Gasteiger partial charge in [-0.25, -0.2) is 0 Å². The molecule has 21 heavy (non-hydrogen) atoms. The molecule has 0 bridgehead atoms. The van der Waals surface area contributed by atoms with E-state index in [1.54, 1.807) is 0 Å². The Morgan fingerprint density at radius 2 is 2.10 bits per heavy atom. The second kappa shape index (κ2) is 7.90. The first-order valence-electron chi connectivity index (χ1n) is 8.35. The highest BCUT2D eigenvalue weighted by molar-refractivity contribution is 5.03. The van der Waals surface area contributed by atoms with Crippen molar-refractivity contribution < 1.29 is 0 Å². The van der Waals surface area contributed by atoms with E-state index in [2.05, 4.69) is 55.3 Å². The Labute approximate surface area is 130 Å². The van der Waals surface area contributed by atoms with Crippen molar-refractivity contribution in [1.29, 1.82) is 0 Å². The Balaban J connectivity index is 1.84. The molecule has 2 rings (SSSR count). The Morgan fingerprint density at radius 1 is 1.29 bits per heavy atom. The fraction of sp³-hybridized carbons (Fsp3) is 0.722. The summed E-state index contributed by atoms with van der Waals surface area (Å²) in [6, 6.07) is 6.84. The van der Waals surface area contributed by atoms with Crippen LogP contribution >= 0.6 is 0 Å². The van der Waals surface area contributed by atoms with Crippen LogP contribution in [0.2, 0.25) is 0 Å². The monoisotopic (exact) mass is 289 g/mol. The third-order valence-electron chi connectivity index (χ3n) is 5.05. The van der Waals surface area contributed by atoms with Crippen LogP contribution in [0.4, 0.5) is 0 Å². The van der Waals surface area contributed by atoms with Crippen LogP contribution in [-0.4, -0.2) is 43.1 Å². The zero-order valence-corrected chi connectivity index (χ0v) is 14.0. The van der Waals surface area contributed by atoms with Crippen LogP contribution in [0.1, 0.15) is 32.4 Å². The summed E-state index contributed by atoms with van der Waals surface area (Å²) in [4.78, 5) is 6.90. The third-order valence-corrected chi connectivity index (χ3v) is 5.05. The molecule has 0 radical (unpaired) electrons. The molecular formula is C18H31N3. The van der Waals surface area contributed by atoms with E-state index in [0.29, 0.717) is 6.04 Å². The van der Waals surface area contributed by atoms with Gasteiger partial charge in [-0.3, -0.25) is 4.98 Å². The summed E-state index contributed by atoms with van der Waals surface area (Å²) in [5, 5.41) is 3.55. The molecule has 0 aliphatic heterocycles. The van der Waals surface area contributed by atoms with Gasteiger partial charge in [0.2, 0.25) is 0 Å². The summed E-state index contributed by atoms with van der Waals surface area (Å²) in [5.41, 5.74) is 1.19. The maximum absolute atomic E-state index is 4.41. The van der Waals surface area contributed by atoms with Crippen molar-refractivity contribution in [2.75, 3.05) is 27.2 Å². The summed E-state index contributed by atoms with van der Waals surface area (Å²) in [6.07, 6.45) is 5.62. The fourth-order valence-electron chi connectivity index (χ4n) is 3.85. The first-order chi connectivity index (χ1) is 10.1. The van der Waals surface area contributed by atoms with Crippen molar-refractivity contribution >= 4 is 0 Å². The SMILES string of the molecule is CNC1CC(C)CC(C)C1CN(C)CCc1ccccn1. The topological polar surface area (TPSA) is 28.2 Å². The average Bonchev–Trinajstić information content (AvgIpc) is 2.48. The highest BCUT2D eigenvalue weighted by Crippen LogP contribution is 2.34. The number of nitrogens with zero attached hydrogens (tertiary/aromatic N) is 2. The first kappa shape index (κ1) is 16.4. The third kappa shape index (κ3) is 4.79. The van der Waals surface area contributed by atoms with Gasteiger partial charge in [-0.1, -0.05) is 19.9 Å². The molecule has 118 valence electrons. The standard InChI is InChI=1S/C18H31N3/c1-14-11-15(2)17(18(12-14)19-3)13-21(4)10-8-16-7-5-6-9-20-16/h5-7,9,14-15,17-19H,8,10-13H2,1-4H3. The molecule has 1 aliphatic rings. The average molecular weight is 289 g/mol. The van der Waals surface area contributed by atoms with Crippen molar-refractivity contribution in [3.8, 4) is 0 Å². The lowest BCUT2D eigenvalue weighted by Crippen LogP contribution is -2.47. The van der Waals surface area contributed by atoms with Crippen LogP contribution in [0.5, 0.6) is 0 Å². The van der Waals surface area contributed by atoms with Crippen molar-refractivity contribution in [2.24, 2.45) is 17.8 Å². The Kier molecular flexibility index (Phi) is 6.19. The maximum atomic E-state index is 4.41. The number of likely N-dealkylation sites (N-methyl/N-ethyl adjacent to an activating group) is 1. The number of aromatic nitrogens is 1. The van der Waals surface area contributed by atoms with Crippen LogP contribution < -0.4 is 5.32 Å². The zero-order chi connectivity index (χ0) is 15.2. The summed E-state index contributed by atoms with van der Waals surface area (Å²) in [5.74, 6) is 2.43. The van der Waals surface area contributed by atoms with E-state index < -0.39 is 0 Å². The minimum Gasteiger partial charge on any atom is -0.317 e. The predicted molar refractivity (Wildman–Crippen MR) is 89.3 cm³/mol. The van der Waals surface area contributed by atoms with Crippen molar-refractivity contribution in [2.45, 2.75) is 39.2 Å². The lowest BCUT2D eigenvalue weighted by molar-refractivity contribution is 0.116. The summed E-state index contributed by atoms with van der Waals surface area (Å²) < 4.78 is 0. The molecule has 1 aliphatic carbocycles. The molecular weight excluding hydrogens is 258 g/mol. The Morgan fingerprint density at radius 3 is 2.76 bits per heavy atom. The molecule has 0 amide bonds. The fourth-order valence-corrected chi connectivity index (χ4v) is 3.85. The number of nitrogens with one attached hydrogen (secondary N) is 1. The molecule has 0 saturated heterocycles. The van der Waals surface area contributed by atoms with E-state index in [9.17, 15) is 0 Å². The highest BCUT2D eigenvalue weighted by atomic mass is 15.1. The van der Waals surface area contributed by atoms with Gasteiger partial charge >= 0.3 is 0 Å². The molecule has 1 saturated carbocycles. The van der Waals surface area contributed by atoms with Crippen molar-refractivity contribution in [1.82, 2.24) is 15.2 Å². The second-order valence-corrected chi connectivity index (χ2v) is 6.95. The van der Waals surface area contributed by atoms with E-state index in [0.717, 1.165) is 30.7 Å². The van der Waals surface area contributed by atoms with E-state index in [4.69, 9.17) is 0 Å². The van der Waals surface area contributed by atoms with Gasteiger partial charge in [-0.15, -0.1) is 0 Å².